The molecular weight excluding hydrogens is 404 g/mol. The Hall–Kier alpha value is -3.65. The van der Waals surface area contributed by atoms with Gasteiger partial charge < -0.3 is 16.2 Å². The molecule has 0 radical (unpaired) electrons. The first-order valence-corrected chi connectivity index (χ1v) is 9.52. The van der Waals surface area contributed by atoms with Crippen molar-refractivity contribution in [3.05, 3.63) is 65.4 Å². The maximum atomic E-state index is 11.1. The van der Waals surface area contributed by atoms with Crippen molar-refractivity contribution in [1.82, 2.24) is 24.8 Å². The molecule has 8 nitrogen and oxygen atoms in total. The summed E-state index contributed by atoms with van der Waals surface area (Å²) in [6.07, 6.45) is 0.533. The van der Waals surface area contributed by atoms with Crippen LogP contribution in [0.4, 0.5) is 10.6 Å². The molecule has 0 aliphatic heterocycles. The Kier molecular flexibility index (Phi) is 4.79. The molecule has 30 heavy (non-hydrogen) atoms. The summed E-state index contributed by atoms with van der Waals surface area (Å²) in [7, 11) is 0. The molecule has 0 saturated carbocycles. The molecule has 0 atom stereocenters. The summed E-state index contributed by atoms with van der Waals surface area (Å²) < 4.78 is 1.86. The van der Waals surface area contributed by atoms with Gasteiger partial charge in [-0.1, -0.05) is 23.7 Å². The quantitative estimate of drug-likeness (QED) is 0.423. The smallest absolute Gasteiger partial charge is 0.405 e. The van der Waals surface area contributed by atoms with Crippen LogP contribution in [-0.2, 0) is 5.54 Å². The third kappa shape index (κ3) is 3.53. The first-order valence-electron chi connectivity index (χ1n) is 9.14. The molecule has 3 heterocycles. The second-order valence-electron chi connectivity index (χ2n) is 7.29. The minimum absolute atomic E-state index is 0.345. The van der Waals surface area contributed by atoms with Crippen molar-refractivity contribution in [2.24, 2.45) is 0 Å². The maximum Gasteiger partial charge on any atom is 0.405 e. The lowest BCUT2D eigenvalue weighted by atomic mass is 9.94. The number of fused-ring (bicyclic) bond motifs is 1. The van der Waals surface area contributed by atoms with Gasteiger partial charge >= 0.3 is 6.09 Å². The molecule has 0 saturated heterocycles. The molecule has 152 valence electrons. The van der Waals surface area contributed by atoms with Gasteiger partial charge in [0.1, 0.15) is 16.5 Å². The molecule has 9 heteroatoms. The number of pyridine rings is 2. The topological polar surface area (TPSA) is 119 Å². The van der Waals surface area contributed by atoms with Crippen molar-refractivity contribution >= 4 is 34.7 Å². The Labute approximate surface area is 177 Å². The van der Waals surface area contributed by atoms with Crippen LogP contribution in [0, 0.1) is 0 Å². The van der Waals surface area contributed by atoms with Gasteiger partial charge in [-0.15, -0.1) is 0 Å². The number of nitrogens with two attached hydrogens (primary N) is 1. The van der Waals surface area contributed by atoms with E-state index < -0.39 is 11.6 Å². The highest BCUT2D eigenvalue weighted by Crippen LogP contribution is 2.31. The van der Waals surface area contributed by atoms with Crippen LogP contribution < -0.4 is 11.1 Å². The van der Waals surface area contributed by atoms with Crippen molar-refractivity contribution in [3.8, 4) is 17.1 Å². The number of nitrogens with one attached hydrogen (secondary N) is 1. The largest absolute Gasteiger partial charge is 0.465 e. The highest BCUT2D eigenvalue weighted by Gasteiger charge is 2.23. The minimum Gasteiger partial charge on any atom is -0.465 e. The number of hydrogen-bond donors (Lipinski definition) is 3. The van der Waals surface area contributed by atoms with Crippen LogP contribution in [0.15, 0.2) is 54.7 Å². The number of hydrogen-bond acceptors (Lipinski definition) is 5. The summed E-state index contributed by atoms with van der Waals surface area (Å²) in [6, 6.07) is 14.6. The minimum atomic E-state index is -1.09. The van der Waals surface area contributed by atoms with Crippen LogP contribution >= 0.6 is 11.6 Å². The molecule has 0 unspecified atom stereocenters. The Bertz CT molecular complexity index is 1250. The molecule has 4 N–H and O–H groups in total. The lowest BCUT2D eigenvalue weighted by Crippen LogP contribution is -2.40. The number of carboxylic acid groups (broad SMARTS) is 1. The predicted octanol–water partition coefficient (Wildman–Crippen LogP) is 4.22. The van der Waals surface area contributed by atoms with Crippen molar-refractivity contribution in [2.75, 3.05) is 5.73 Å². The number of halogens is 1. The number of aromatic nitrogens is 4. The fraction of sp³-hybridized carbons (Fsp3) is 0.143. The van der Waals surface area contributed by atoms with Gasteiger partial charge in [-0.05, 0) is 55.8 Å². The molecule has 3 aromatic heterocycles. The van der Waals surface area contributed by atoms with E-state index in [0.717, 1.165) is 11.3 Å². The van der Waals surface area contributed by atoms with Crippen LogP contribution in [0.2, 0.25) is 5.15 Å². The molecule has 0 bridgehead atoms. The predicted molar refractivity (Wildman–Crippen MR) is 116 cm³/mol. The van der Waals surface area contributed by atoms with E-state index in [-0.39, 0.29) is 0 Å². The summed E-state index contributed by atoms with van der Waals surface area (Å²) in [4.78, 5) is 24.4. The standard InChI is InChI=1S/C21H19ClN6O2/c1-21(2,27-20(29)30)12-5-7-13(8-6-12)28-18(14-4-3-11-24-17(14)23)25-15-9-10-16(22)26-19(15)28/h3-11,27H,1-2H3,(H2,23,24)(H,29,30). The van der Waals surface area contributed by atoms with E-state index in [4.69, 9.17) is 27.4 Å². The maximum absolute atomic E-state index is 11.1. The summed E-state index contributed by atoms with van der Waals surface area (Å²) in [5, 5.41) is 11.9. The fourth-order valence-corrected chi connectivity index (χ4v) is 3.48. The lowest BCUT2D eigenvalue weighted by molar-refractivity contribution is 0.182. The van der Waals surface area contributed by atoms with E-state index in [1.54, 1.807) is 38.2 Å². The third-order valence-electron chi connectivity index (χ3n) is 4.82. The average molecular weight is 423 g/mol. The normalized spacial score (nSPS) is 11.6. The number of nitrogen functional groups attached to an aromatic ring is 1. The van der Waals surface area contributed by atoms with Gasteiger partial charge in [0.25, 0.3) is 0 Å². The summed E-state index contributed by atoms with van der Waals surface area (Å²) in [5.74, 6) is 0.935. The van der Waals surface area contributed by atoms with Crippen molar-refractivity contribution in [2.45, 2.75) is 19.4 Å². The van der Waals surface area contributed by atoms with Crippen LogP contribution in [0.25, 0.3) is 28.2 Å². The summed E-state index contributed by atoms with van der Waals surface area (Å²) >= 11 is 6.15. The van der Waals surface area contributed by atoms with Crippen LogP contribution in [0.3, 0.4) is 0 Å². The van der Waals surface area contributed by atoms with E-state index in [1.807, 2.05) is 34.9 Å². The number of carbonyl (C=O) groups is 1. The number of benzene rings is 1. The van der Waals surface area contributed by atoms with E-state index in [2.05, 4.69) is 15.3 Å². The van der Waals surface area contributed by atoms with Crippen LogP contribution in [-0.4, -0.2) is 30.7 Å². The number of imidazole rings is 1. The molecule has 0 spiro atoms. The Morgan fingerprint density at radius 2 is 1.87 bits per heavy atom. The van der Waals surface area contributed by atoms with Gasteiger partial charge in [0, 0.05) is 11.9 Å². The zero-order valence-corrected chi connectivity index (χ0v) is 17.1. The van der Waals surface area contributed by atoms with Crippen LogP contribution in [0.1, 0.15) is 19.4 Å². The second-order valence-corrected chi connectivity index (χ2v) is 7.67. The van der Waals surface area contributed by atoms with Gasteiger partial charge in [-0.3, -0.25) is 4.57 Å². The summed E-state index contributed by atoms with van der Waals surface area (Å²) in [5.41, 5.74) is 8.85. The van der Waals surface area contributed by atoms with Gasteiger partial charge in [0.15, 0.2) is 11.5 Å². The molecule has 4 aromatic rings. The van der Waals surface area contributed by atoms with E-state index in [1.165, 1.54) is 0 Å². The number of nitrogens with zero attached hydrogens (tertiary/aromatic N) is 4. The average Bonchev–Trinajstić information content (AvgIpc) is 3.05. The van der Waals surface area contributed by atoms with E-state index in [9.17, 15) is 4.79 Å². The van der Waals surface area contributed by atoms with Crippen molar-refractivity contribution in [3.63, 3.8) is 0 Å². The second kappa shape index (κ2) is 7.31. The van der Waals surface area contributed by atoms with Gasteiger partial charge in [0.2, 0.25) is 0 Å². The molecule has 0 aliphatic carbocycles. The molecule has 1 amide bonds. The molecule has 4 rings (SSSR count). The Morgan fingerprint density at radius 1 is 1.13 bits per heavy atom. The number of amides is 1. The zero-order valence-electron chi connectivity index (χ0n) is 16.3. The van der Waals surface area contributed by atoms with Crippen molar-refractivity contribution < 1.29 is 9.90 Å². The third-order valence-corrected chi connectivity index (χ3v) is 5.03. The van der Waals surface area contributed by atoms with E-state index >= 15 is 0 Å². The molecule has 0 aliphatic rings. The first-order chi connectivity index (χ1) is 14.3. The zero-order chi connectivity index (χ0) is 21.5. The van der Waals surface area contributed by atoms with Gasteiger partial charge in [-0.2, -0.15) is 0 Å². The first kappa shape index (κ1) is 19.7. The molecule has 1 aromatic carbocycles. The highest BCUT2D eigenvalue weighted by atomic mass is 35.5. The summed E-state index contributed by atoms with van der Waals surface area (Å²) in [6.45, 7) is 3.59. The molecular formula is C21H19ClN6O2. The Morgan fingerprint density at radius 3 is 2.53 bits per heavy atom. The lowest BCUT2D eigenvalue weighted by Gasteiger charge is -2.25. The highest BCUT2D eigenvalue weighted by molar-refractivity contribution is 6.29. The van der Waals surface area contributed by atoms with E-state index in [0.29, 0.717) is 33.5 Å². The Balaban J connectivity index is 1.90. The number of anilines is 1. The SMILES string of the molecule is CC(C)(NC(=O)O)c1ccc(-n2c(-c3cccnc3N)nc3ccc(Cl)nc32)cc1. The van der Waals surface area contributed by atoms with Crippen molar-refractivity contribution in [1.29, 1.82) is 0 Å². The van der Waals surface area contributed by atoms with Gasteiger partial charge in [0.05, 0.1) is 11.1 Å². The van der Waals surface area contributed by atoms with Crippen LogP contribution in [0.5, 0.6) is 0 Å². The van der Waals surface area contributed by atoms with Gasteiger partial charge in [-0.25, -0.2) is 19.7 Å². The molecule has 0 fully saturated rings. The fourth-order valence-electron chi connectivity index (χ4n) is 3.33. The number of rotatable bonds is 4. The monoisotopic (exact) mass is 422 g/mol.